The fraction of sp³-hybridized carbons (Fsp3) is 1.00. The topological polar surface area (TPSA) is 58.6 Å². The van der Waals surface area contributed by atoms with Crippen LogP contribution in [0.15, 0.2) is 0 Å². The van der Waals surface area contributed by atoms with Crippen molar-refractivity contribution in [1.82, 2.24) is 9.62 Å². The second kappa shape index (κ2) is 8.92. The molecule has 0 amide bonds. The third-order valence-corrected chi connectivity index (χ3v) is 4.05. The molecule has 0 rings (SSSR count). The minimum absolute atomic E-state index is 0.148. The number of nitrogens with one attached hydrogen (secondary N) is 1. The van der Waals surface area contributed by atoms with Gasteiger partial charge in [0.05, 0.1) is 12.4 Å². The highest BCUT2D eigenvalue weighted by molar-refractivity contribution is 7.89. The zero-order valence-electron chi connectivity index (χ0n) is 10.5. The maximum atomic E-state index is 11.7. The van der Waals surface area contributed by atoms with Gasteiger partial charge in [-0.15, -0.1) is 0 Å². The maximum absolute atomic E-state index is 11.7. The molecule has 0 spiro atoms. The number of likely N-dealkylation sites (N-methyl/N-ethyl adjacent to an activating group) is 1. The fourth-order valence-electron chi connectivity index (χ4n) is 1.14. The Kier molecular flexibility index (Phi) is 8.83. The molecule has 0 aliphatic rings. The van der Waals surface area contributed by atoms with Gasteiger partial charge in [-0.3, -0.25) is 0 Å². The van der Waals surface area contributed by atoms with Gasteiger partial charge in [0, 0.05) is 26.7 Å². The monoisotopic (exact) mass is 252 g/mol. The van der Waals surface area contributed by atoms with Crippen LogP contribution in [-0.4, -0.2) is 58.4 Å². The van der Waals surface area contributed by atoms with Gasteiger partial charge in [0.25, 0.3) is 0 Å². The first-order valence-corrected chi connectivity index (χ1v) is 7.38. The molecule has 5 nitrogen and oxygen atoms in total. The lowest BCUT2D eigenvalue weighted by Gasteiger charge is -2.17. The van der Waals surface area contributed by atoms with Crippen molar-refractivity contribution in [3.8, 4) is 0 Å². The summed E-state index contributed by atoms with van der Waals surface area (Å²) in [6, 6.07) is 0. The molecule has 1 N–H and O–H groups in total. The van der Waals surface area contributed by atoms with Gasteiger partial charge >= 0.3 is 0 Å². The standard InChI is InChI=1S/C10H24N2O3S/c1-4-6-11-7-10-16(13,14)12(3)8-9-15-5-2/h11H,4-10H2,1-3H3. The fourth-order valence-corrected chi connectivity index (χ4v) is 2.20. The summed E-state index contributed by atoms with van der Waals surface area (Å²) >= 11 is 0. The summed E-state index contributed by atoms with van der Waals surface area (Å²) < 4.78 is 29.9. The van der Waals surface area contributed by atoms with Crippen LogP contribution >= 0.6 is 0 Å². The zero-order valence-corrected chi connectivity index (χ0v) is 11.3. The summed E-state index contributed by atoms with van der Waals surface area (Å²) in [4.78, 5) is 0. The molecule has 16 heavy (non-hydrogen) atoms. The molecule has 0 aliphatic heterocycles. The van der Waals surface area contributed by atoms with Crippen LogP contribution in [0, 0.1) is 0 Å². The Bertz CT molecular complexity index is 255. The van der Waals surface area contributed by atoms with Gasteiger partial charge in [0.2, 0.25) is 10.0 Å². The van der Waals surface area contributed by atoms with E-state index in [1.165, 1.54) is 4.31 Å². The Morgan fingerprint density at radius 1 is 1.25 bits per heavy atom. The van der Waals surface area contributed by atoms with Crippen LogP contribution < -0.4 is 5.32 Å². The normalized spacial score (nSPS) is 12.2. The van der Waals surface area contributed by atoms with E-state index in [1.807, 2.05) is 6.92 Å². The van der Waals surface area contributed by atoms with Gasteiger partial charge in [-0.2, -0.15) is 0 Å². The summed E-state index contributed by atoms with van der Waals surface area (Å²) in [5.74, 6) is 0.148. The predicted molar refractivity (Wildman–Crippen MR) is 66.1 cm³/mol. The molecule has 0 heterocycles. The average Bonchev–Trinajstić information content (AvgIpc) is 2.24. The molecule has 0 fully saturated rings. The molecule has 0 unspecified atom stereocenters. The van der Waals surface area contributed by atoms with E-state index in [0.29, 0.717) is 26.3 Å². The zero-order chi connectivity index (χ0) is 12.4. The molecule has 98 valence electrons. The minimum atomic E-state index is -3.13. The van der Waals surface area contributed by atoms with Crippen molar-refractivity contribution >= 4 is 10.0 Å². The molecule has 0 aromatic carbocycles. The third-order valence-electron chi connectivity index (χ3n) is 2.19. The van der Waals surface area contributed by atoms with Crippen molar-refractivity contribution in [2.24, 2.45) is 0 Å². The van der Waals surface area contributed by atoms with Gasteiger partial charge in [-0.05, 0) is 19.9 Å². The molecule has 0 bridgehead atoms. The highest BCUT2D eigenvalue weighted by Crippen LogP contribution is 1.97. The van der Waals surface area contributed by atoms with Crippen LogP contribution in [0.5, 0.6) is 0 Å². The average molecular weight is 252 g/mol. The number of hydrogen-bond donors (Lipinski definition) is 1. The van der Waals surface area contributed by atoms with Crippen molar-refractivity contribution in [2.75, 3.05) is 45.6 Å². The van der Waals surface area contributed by atoms with Gasteiger partial charge in [-0.1, -0.05) is 6.92 Å². The van der Waals surface area contributed by atoms with Crippen LogP contribution in [0.4, 0.5) is 0 Å². The molecule has 6 heteroatoms. The van der Waals surface area contributed by atoms with Crippen LogP contribution in [0.2, 0.25) is 0 Å². The Morgan fingerprint density at radius 2 is 1.94 bits per heavy atom. The van der Waals surface area contributed by atoms with E-state index < -0.39 is 10.0 Å². The molecule has 0 aromatic rings. The summed E-state index contributed by atoms with van der Waals surface area (Å²) in [6.45, 7) is 6.80. The van der Waals surface area contributed by atoms with Crippen molar-refractivity contribution in [1.29, 1.82) is 0 Å². The van der Waals surface area contributed by atoms with E-state index in [1.54, 1.807) is 7.05 Å². The first kappa shape index (κ1) is 15.8. The Labute approximate surface area is 99.2 Å². The van der Waals surface area contributed by atoms with Crippen LogP contribution in [-0.2, 0) is 14.8 Å². The summed E-state index contributed by atoms with van der Waals surface area (Å²) in [6.07, 6.45) is 1.01. The number of sulfonamides is 1. The molecule has 0 saturated carbocycles. The van der Waals surface area contributed by atoms with Crippen molar-refractivity contribution in [2.45, 2.75) is 20.3 Å². The van der Waals surface area contributed by atoms with E-state index in [2.05, 4.69) is 12.2 Å². The maximum Gasteiger partial charge on any atom is 0.215 e. The minimum Gasteiger partial charge on any atom is -0.380 e. The molecule has 0 aromatic heterocycles. The summed E-state index contributed by atoms with van der Waals surface area (Å²) in [5, 5.41) is 3.08. The highest BCUT2D eigenvalue weighted by atomic mass is 32.2. The number of nitrogens with zero attached hydrogens (tertiary/aromatic N) is 1. The number of ether oxygens (including phenoxy) is 1. The lowest BCUT2D eigenvalue weighted by atomic mass is 10.5. The van der Waals surface area contributed by atoms with Crippen LogP contribution in [0.25, 0.3) is 0 Å². The van der Waals surface area contributed by atoms with Crippen LogP contribution in [0.1, 0.15) is 20.3 Å². The van der Waals surface area contributed by atoms with Gasteiger partial charge in [0.15, 0.2) is 0 Å². The summed E-state index contributed by atoms with van der Waals surface area (Å²) in [5.41, 5.74) is 0. The third kappa shape index (κ3) is 7.16. The Morgan fingerprint density at radius 3 is 2.50 bits per heavy atom. The van der Waals surface area contributed by atoms with Crippen molar-refractivity contribution in [3.63, 3.8) is 0 Å². The number of rotatable bonds is 10. The predicted octanol–water partition coefficient (Wildman–Crippen LogP) is 0.284. The van der Waals surface area contributed by atoms with Gasteiger partial charge < -0.3 is 10.1 Å². The smallest absolute Gasteiger partial charge is 0.215 e. The van der Waals surface area contributed by atoms with E-state index in [9.17, 15) is 8.42 Å². The highest BCUT2D eigenvalue weighted by Gasteiger charge is 2.16. The lowest BCUT2D eigenvalue weighted by Crippen LogP contribution is -2.35. The lowest BCUT2D eigenvalue weighted by molar-refractivity contribution is 0.138. The number of hydrogen-bond acceptors (Lipinski definition) is 4. The van der Waals surface area contributed by atoms with E-state index in [4.69, 9.17) is 4.74 Å². The Hall–Kier alpha value is -0.170. The molecule has 0 radical (unpaired) electrons. The summed E-state index contributed by atoms with van der Waals surface area (Å²) in [7, 11) is -1.54. The first-order chi connectivity index (χ1) is 7.54. The molecular weight excluding hydrogens is 228 g/mol. The second-order valence-corrected chi connectivity index (χ2v) is 5.78. The van der Waals surface area contributed by atoms with E-state index in [0.717, 1.165) is 13.0 Å². The van der Waals surface area contributed by atoms with Crippen LogP contribution in [0.3, 0.4) is 0 Å². The Balaban J connectivity index is 3.82. The largest absolute Gasteiger partial charge is 0.380 e. The van der Waals surface area contributed by atoms with Gasteiger partial charge in [-0.25, -0.2) is 12.7 Å². The van der Waals surface area contributed by atoms with Crippen molar-refractivity contribution in [3.05, 3.63) is 0 Å². The van der Waals surface area contributed by atoms with E-state index in [-0.39, 0.29) is 5.75 Å². The molecular formula is C10H24N2O3S. The van der Waals surface area contributed by atoms with Gasteiger partial charge in [0.1, 0.15) is 0 Å². The first-order valence-electron chi connectivity index (χ1n) is 5.77. The molecule has 0 aliphatic carbocycles. The second-order valence-electron chi connectivity index (χ2n) is 3.58. The van der Waals surface area contributed by atoms with E-state index >= 15 is 0 Å². The molecule has 0 saturated heterocycles. The quantitative estimate of drug-likeness (QED) is 0.568. The van der Waals surface area contributed by atoms with Crippen molar-refractivity contribution < 1.29 is 13.2 Å². The SMILES string of the molecule is CCCNCCS(=O)(=O)N(C)CCOCC. The molecule has 0 atom stereocenters.